The smallest absolute Gasteiger partial charge is 0.410 e. The topological polar surface area (TPSA) is 124 Å². The van der Waals surface area contributed by atoms with Crippen LogP contribution in [0.1, 0.15) is 71.8 Å². The highest BCUT2D eigenvalue weighted by Gasteiger charge is 2.53. The Morgan fingerprint density at radius 1 is 1.05 bits per heavy atom. The number of rotatable bonds is 9. The van der Waals surface area contributed by atoms with Crippen LogP contribution in [0.3, 0.4) is 0 Å². The van der Waals surface area contributed by atoms with Crippen molar-refractivity contribution in [3.8, 4) is 23.0 Å². The molecule has 2 saturated carbocycles. The third-order valence-electron chi connectivity index (χ3n) is 12.2. The quantitative estimate of drug-likeness (QED) is 0.175. The van der Waals surface area contributed by atoms with E-state index >= 15 is 8.78 Å². The highest BCUT2D eigenvalue weighted by Crippen LogP contribution is 2.50. The Morgan fingerprint density at radius 2 is 1.80 bits per heavy atom. The number of pyridine rings is 1. The molecule has 2 bridgehead atoms. The van der Waals surface area contributed by atoms with Gasteiger partial charge in [0.1, 0.15) is 34.2 Å². The van der Waals surface area contributed by atoms with Crippen LogP contribution in [0.5, 0.6) is 11.8 Å². The van der Waals surface area contributed by atoms with Crippen molar-refractivity contribution in [3.63, 3.8) is 0 Å². The van der Waals surface area contributed by atoms with Crippen LogP contribution >= 0.6 is 0 Å². The molecule has 2 saturated heterocycles. The van der Waals surface area contributed by atoms with Gasteiger partial charge in [-0.15, -0.1) is 0 Å². The number of phenols is 1. The maximum atomic E-state index is 17.2. The second-order valence-corrected chi connectivity index (χ2v) is 17.4. The predicted octanol–water partition coefficient (Wildman–Crippen LogP) is 6.90. The molecule has 0 spiro atoms. The highest BCUT2D eigenvalue weighted by molar-refractivity contribution is 6.01. The van der Waals surface area contributed by atoms with Crippen molar-refractivity contribution in [1.29, 1.82) is 0 Å². The number of halogens is 2. The Bertz CT molecular complexity index is 2220. The molecule has 290 valence electrons. The Kier molecular flexibility index (Phi) is 8.50. The van der Waals surface area contributed by atoms with Crippen molar-refractivity contribution in [3.05, 3.63) is 59.8 Å². The average Bonchev–Trinajstić information content (AvgIpc) is 4.00. The number of aryl methyl sites for hydroxylation is 1. The van der Waals surface area contributed by atoms with Crippen molar-refractivity contribution in [2.45, 2.75) is 102 Å². The van der Waals surface area contributed by atoms with Crippen molar-refractivity contribution in [2.75, 3.05) is 37.7 Å². The van der Waals surface area contributed by atoms with E-state index in [2.05, 4.69) is 31.9 Å². The molecular formula is C42H48F2N6O5. The second-order valence-electron chi connectivity index (χ2n) is 17.4. The number of carbonyl (C=O) groups is 1. The summed E-state index contributed by atoms with van der Waals surface area (Å²) in [5.74, 6) is -0.782. The Balaban J connectivity index is 1.09. The molecule has 5 aliphatic rings. The van der Waals surface area contributed by atoms with Gasteiger partial charge in [-0.05, 0) is 100 Å². The summed E-state index contributed by atoms with van der Waals surface area (Å²) in [7, 11) is 0. The number of hydrogen-bond acceptors (Lipinski definition) is 10. The maximum Gasteiger partial charge on any atom is 0.410 e. The standard InChI is InChI=1S/C42H48F2N6O5/c1-5-28-31(43)11-8-24-17-27(51)18-29(33(24)28)35-34(44)36-30(19-45-35)37(49-20-25-9-10-26(21-49)50(25)39(52)55-40(2,3)4)47-38(46-36)54-23-41(12-13-41)22-48-16-6-7-32(48)42(53)14-15-42/h6-8,11,17-19,25-26,32,51,53H,5,9-10,12-16,20-23H2,1-4H3/t25?,26?,32-/m1/s1. The van der Waals surface area contributed by atoms with Gasteiger partial charge in [0.25, 0.3) is 0 Å². The van der Waals surface area contributed by atoms with Crippen LogP contribution < -0.4 is 9.64 Å². The molecule has 9 rings (SSSR count). The summed E-state index contributed by atoms with van der Waals surface area (Å²) < 4.78 is 44.5. The molecule has 11 nitrogen and oxygen atoms in total. The summed E-state index contributed by atoms with van der Waals surface area (Å²) in [4.78, 5) is 33.7. The van der Waals surface area contributed by atoms with Gasteiger partial charge in [0.2, 0.25) is 0 Å². The van der Waals surface area contributed by atoms with Crippen molar-refractivity contribution in [1.82, 2.24) is 24.8 Å². The molecule has 3 aliphatic heterocycles. The van der Waals surface area contributed by atoms with E-state index in [4.69, 9.17) is 14.5 Å². The monoisotopic (exact) mass is 754 g/mol. The minimum atomic E-state index is -0.732. The average molecular weight is 755 g/mol. The molecule has 3 atom stereocenters. The second kappa shape index (κ2) is 13.0. The van der Waals surface area contributed by atoms with E-state index < -0.39 is 22.8 Å². The lowest BCUT2D eigenvalue weighted by Gasteiger charge is -2.42. The number of carbonyl (C=O) groups excluding carboxylic acids is 1. The Morgan fingerprint density at radius 3 is 2.47 bits per heavy atom. The van der Waals surface area contributed by atoms with Crippen molar-refractivity contribution in [2.24, 2.45) is 5.41 Å². The fourth-order valence-corrected chi connectivity index (χ4v) is 9.08. The van der Waals surface area contributed by atoms with Gasteiger partial charge in [-0.1, -0.05) is 25.1 Å². The number of fused-ring (bicyclic) bond motifs is 4. The maximum absolute atomic E-state index is 17.2. The third-order valence-corrected chi connectivity index (χ3v) is 12.2. The lowest BCUT2D eigenvalue weighted by Crippen LogP contribution is -2.57. The minimum absolute atomic E-state index is 0.00145. The minimum Gasteiger partial charge on any atom is -0.508 e. The van der Waals surface area contributed by atoms with Gasteiger partial charge < -0.3 is 24.6 Å². The summed E-state index contributed by atoms with van der Waals surface area (Å²) in [6.07, 6.45) is 10.9. The fourth-order valence-electron chi connectivity index (χ4n) is 9.08. The van der Waals surface area contributed by atoms with Crippen LogP contribution in [0.15, 0.2) is 42.6 Å². The molecule has 13 heteroatoms. The summed E-state index contributed by atoms with van der Waals surface area (Å²) in [6.45, 7) is 10.2. The SMILES string of the molecule is CCc1c(F)ccc2cc(O)cc(-c3ncc4c(N5CC6CCC(C5)N6C(=O)OC(C)(C)C)nc(OCC5(CN6CC=C[C@@H]6C6(O)CC6)CC5)nc4c3F)c12. The predicted molar refractivity (Wildman–Crippen MR) is 204 cm³/mol. The number of aromatic hydroxyl groups is 1. The van der Waals surface area contributed by atoms with E-state index in [9.17, 15) is 15.0 Å². The number of nitrogens with zero attached hydrogens (tertiary/aromatic N) is 6. The molecule has 2 aliphatic carbocycles. The molecule has 2 unspecified atom stereocenters. The number of anilines is 1. The molecule has 55 heavy (non-hydrogen) atoms. The molecular weight excluding hydrogens is 706 g/mol. The van der Waals surface area contributed by atoms with Crippen molar-refractivity contribution >= 4 is 33.6 Å². The number of aromatic nitrogens is 3. The Labute approximate surface area is 319 Å². The van der Waals surface area contributed by atoms with E-state index in [-0.39, 0.29) is 58.2 Å². The molecule has 1 amide bonds. The third kappa shape index (κ3) is 6.52. The summed E-state index contributed by atoms with van der Waals surface area (Å²) in [5.41, 5.74) is -0.822. The van der Waals surface area contributed by atoms with Crippen LogP contribution in [-0.2, 0) is 11.2 Å². The van der Waals surface area contributed by atoms with Crippen LogP contribution in [0.25, 0.3) is 32.9 Å². The van der Waals surface area contributed by atoms with E-state index in [1.54, 1.807) is 12.3 Å². The van der Waals surface area contributed by atoms with Crippen LogP contribution in [0.2, 0.25) is 0 Å². The van der Waals surface area contributed by atoms with E-state index in [1.165, 1.54) is 18.2 Å². The molecule has 2 aromatic heterocycles. The lowest BCUT2D eigenvalue weighted by atomic mass is 9.94. The van der Waals surface area contributed by atoms with Gasteiger partial charge in [0.05, 0.1) is 35.7 Å². The zero-order valence-electron chi connectivity index (χ0n) is 31.8. The molecule has 0 radical (unpaired) electrons. The Hall–Kier alpha value is -4.62. The number of piperazine rings is 1. The van der Waals surface area contributed by atoms with Crippen LogP contribution in [-0.4, -0.2) is 103 Å². The van der Waals surface area contributed by atoms with Crippen LogP contribution in [0.4, 0.5) is 19.4 Å². The number of amides is 1. The van der Waals surface area contributed by atoms with Crippen LogP contribution in [0, 0.1) is 17.0 Å². The van der Waals surface area contributed by atoms with E-state index in [1.807, 2.05) is 32.6 Å². The summed E-state index contributed by atoms with van der Waals surface area (Å²) in [5, 5.41) is 23.1. The van der Waals surface area contributed by atoms with Gasteiger partial charge in [0, 0.05) is 43.4 Å². The summed E-state index contributed by atoms with van der Waals surface area (Å²) >= 11 is 0. The lowest BCUT2D eigenvalue weighted by molar-refractivity contribution is 0.0122. The fraction of sp³-hybridized carbons (Fsp3) is 0.524. The first-order valence-corrected chi connectivity index (χ1v) is 19.6. The van der Waals surface area contributed by atoms with Gasteiger partial charge in [-0.25, -0.2) is 13.6 Å². The van der Waals surface area contributed by atoms with Gasteiger partial charge in [0.15, 0.2) is 5.82 Å². The van der Waals surface area contributed by atoms with E-state index in [0.29, 0.717) is 53.7 Å². The first-order valence-electron chi connectivity index (χ1n) is 19.6. The van der Waals surface area contributed by atoms with Gasteiger partial charge in [-0.2, -0.15) is 9.97 Å². The zero-order valence-corrected chi connectivity index (χ0v) is 31.8. The number of aliphatic hydroxyl groups is 1. The largest absolute Gasteiger partial charge is 0.508 e. The first-order chi connectivity index (χ1) is 26.2. The van der Waals surface area contributed by atoms with E-state index in [0.717, 1.165) is 51.6 Å². The van der Waals surface area contributed by atoms with Gasteiger partial charge >= 0.3 is 12.1 Å². The number of phenolic OH excluding ortho intramolecular Hbond substituents is 1. The molecule has 5 heterocycles. The molecule has 4 fully saturated rings. The first kappa shape index (κ1) is 36.0. The van der Waals surface area contributed by atoms with Crippen molar-refractivity contribution < 1.29 is 33.3 Å². The zero-order chi connectivity index (χ0) is 38.4. The number of ether oxygens (including phenoxy) is 2. The molecule has 2 N–H and O–H groups in total. The normalized spacial score (nSPS) is 23.9. The number of hydrogen-bond donors (Lipinski definition) is 2. The number of benzene rings is 2. The summed E-state index contributed by atoms with van der Waals surface area (Å²) in [6, 6.07) is 5.66. The molecule has 2 aromatic carbocycles. The van der Waals surface area contributed by atoms with Gasteiger partial charge in [-0.3, -0.25) is 14.8 Å². The highest BCUT2D eigenvalue weighted by atomic mass is 19.1. The molecule has 4 aromatic rings.